The second kappa shape index (κ2) is 7.50. The van der Waals surface area contributed by atoms with E-state index in [2.05, 4.69) is 5.32 Å². The Bertz CT molecular complexity index is 1060. The molecule has 3 rings (SSSR count). The number of para-hydroxylation sites is 2. The van der Waals surface area contributed by atoms with Gasteiger partial charge in [0.05, 0.1) is 17.3 Å². The number of thiophene rings is 1. The maximum absolute atomic E-state index is 12.3. The van der Waals surface area contributed by atoms with Crippen molar-refractivity contribution in [2.75, 3.05) is 12.4 Å². The first-order valence-electron chi connectivity index (χ1n) is 7.45. The number of hydrogen-bond donors (Lipinski definition) is 1. The third-order valence-electron chi connectivity index (χ3n) is 3.50. The zero-order valence-electron chi connectivity index (χ0n) is 13.7. The fraction of sp³-hybridized carbons (Fsp3) is 0.111. The maximum atomic E-state index is 12.3. The van der Waals surface area contributed by atoms with Gasteiger partial charge in [-0.1, -0.05) is 18.2 Å². The minimum Gasteiger partial charge on any atom is -0.495 e. The first-order chi connectivity index (χ1) is 12.1. The van der Waals surface area contributed by atoms with Crippen molar-refractivity contribution in [1.82, 2.24) is 4.57 Å². The molecule has 0 saturated carbocycles. The van der Waals surface area contributed by atoms with Crippen molar-refractivity contribution < 1.29 is 9.53 Å². The highest BCUT2D eigenvalue weighted by molar-refractivity contribution is 7.11. The van der Waals surface area contributed by atoms with Crippen LogP contribution in [0.5, 0.6) is 5.75 Å². The Balaban J connectivity index is 1.94. The molecule has 7 heteroatoms. The number of anilines is 1. The van der Waals surface area contributed by atoms with Gasteiger partial charge in [0.25, 0.3) is 11.5 Å². The highest BCUT2D eigenvalue weighted by Crippen LogP contribution is 2.22. The Kier molecular flexibility index (Phi) is 5.16. The molecule has 128 valence electrons. The number of amides is 1. The van der Waals surface area contributed by atoms with Crippen molar-refractivity contribution >= 4 is 46.4 Å². The van der Waals surface area contributed by atoms with Crippen LogP contribution in [0.25, 0.3) is 12.2 Å². The van der Waals surface area contributed by atoms with Crippen molar-refractivity contribution in [1.29, 1.82) is 0 Å². The summed E-state index contributed by atoms with van der Waals surface area (Å²) in [5.74, 6) is 0.264. The molecule has 0 aliphatic rings. The standard InChI is InChI=1S/C18H16N2O3S2/c1-20-17(25-15(18(20)22)10-12-6-5-9-24-12)11-16(21)19-13-7-3-4-8-14(13)23-2/h3-11H,1-2H3,(H,19,21)/b15-10+,17-11+. The summed E-state index contributed by atoms with van der Waals surface area (Å²) < 4.78 is 7.88. The van der Waals surface area contributed by atoms with Crippen molar-refractivity contribution in [3.05, 3.63) is 66.2 Å². The normalized spacial score (nSPS) is 12.4. The number of nitrogens with one attached hydrogen (secondary N) is 1. The van der Waals surface area contributed by atoms with Crippen LogP contribution in [-0.2, 0) is 11.8 Å². The first kappa shape index (κ1) is 17.2. The fourth-order valence-electron chi connectivity index (χ4n) is 2.24. The third-order valence-corrected chi connectivity index (χ3v) is 5.43. The molecule has 0 bridgehead atoms. The van der Waals surface area contributed by atoms with Crippen LogP contribution in [0.4, 0.5) is 5.69 Å². The van der Waals surface area contributed by atoms with Gasteiger partial charge in [0.1, 0.15) is 10.4 Å². The zero-order chi connectivity index (χ0) is 17.8. The van der Waals surface area contributed by atoms with Gasteiger partial charge >= 0.3 is 0 Å². The van der Waals surface area contributed by atoms with Gasteiger partial charge in [0.2, 0.25) is 0 Å². The molecule has 25 heavy (non-hydrogen) atoms. The van der Waals surface area contributed by atoms with E-state index in [0.717, 1.165) is 4.88 Å². The molecule has 0 unspecified atom stereocenters. The van der Waals surface area contributed by atoms with Gasteiger partial charge < -0.3 is 14.6 Å². The molecule has 0 saturated heterocycles. The SMILES string of the molecule is COc1ccccc1NC(=O)/C=c1/s/c(=C/c2cccs2)c(=O)n1C. The van der Waals surface area contributed by atoms with Crippen LogP contribution in [0.3, 0.4) is 0 Å². The second-order valence-electron chi connectivity index (χ2n) is 5.16. The van der Waals surface area contributed by atoms with Gasteiger partial charge in [-0.25, -0.2) is 0 Å². The van der Waals surface area contributed by atoms with Crippen molar-refractivity contribution in [2.24, 2.45) is 7.05 Å². The molecular weight excluding hydrogens is 356 g/mol. The van der Waals surface area contributed by atoms with Gasteiger partial charge in [-0.3, -0.25) is 9.59 Å². The topological polar surface area (TPSA) is 60.3 Å². The summed E-state index contributed by atoms with van der Waals surface area (Å²) in [5, 5.41) is 4.73. The minimum absolute atomic E-state index is 0.116. The van der Waals surface area contributed by atoms with Crippen LogP contribution in [0, 0.1) is 0 Å². The number of hydrogen-bond acceptors (Lipinski definition) is 5. The van der Waals surface area contributed by atoms with E-state index in [1.165, 1.54) is 22.0 Å². The predicted octanol–water partition coefficient (Wildman–Crippen LogP) is 1.76. The van der Waals surface area contributed by atoms with Gasteiger partial charge in [-0.15, -0.1) is 22.7 Å². The molecule has 1 aromatic carbocycles. The largest absolute Gasteiger partial charge is 0.495 e. The number of methoxy groups -OCH3 is 1. The highest BCUT2D eigenvalue weighted by atomic mass is 32.1. The summed E-state index contributed by atoms with van der Waals surface area (Å²) in [6, 6.07) is 11.0. The Labute approximate surface area is 152 Å². The number of rotatable bonds is 4. The highest BCUT2D eigenvalue weighted by Gasteiger charge is 2.06. The van der Waals surface area contributed by atoms with Gasteiger partial charge in [0.15, 0.2) is 0 Å². The fourth-order valence-corrected chi connectivity index (χ4v) is 3.99. The molecule has 0 atom stereocenters. The Morgan fingerprint density at radius 2 is 2.04 bits per heavy atom. The smallest absolute Gasteiger partial charge is 0.268 e. The quantitative estimate of drug-likeness (QED) is 0.759. The van der Waals surface area contributed by atoms with Gasteiger partial charge in [0, 0.05) is 18.0 Å². The van der Waals surface area contributed by atoms with E-state index >= 15 is 0 Å². The Morgan fingerprint density at radius 3 is 2.76 bits per heavy atom. The lowest BCUT2D eigenvalue weighted by Gasteiger charge is -2.07. The van der Waals surface area contributed by atoms with Crippen molar-refractivity contribution in [3.8, 4) is 5.75 Å². The molecule has 3 aromatic rings. The lowest BCUT2D eigenvalue weighted by Crippen LogP contribution is -2.29. The summed E-state index contributed by atoms with van der Waals surface area (Å²) in [6.07, 6.45) is 3.26. The predicted molar refractivity (Wildman–Crippen MR) is 103 cm³/mol. The summed E-state index contributed by atoms with van der Waals surface area (Å²) in [6.45, 7) is 0. The van der Waals surface area contributed by atoms with E-state index < -0.39 is 0 Å². The number of carbonyl (C=O) groups excluding carboxylic acids is 1. The molecule has 0 aliphatic carbocycles. The number of nitrogens with zero attached hydrogens (tertiary/aromatic N) is 1. The van der Waals surface area contributed by atoms with Crippen LogP contribution in [0.1, 0.15) is 4.88 Å². The zero-order valence-corrected chi connectivity index (χ0v) is 15.3. The molecule has 1 amide bonds. The van der Waals surface area contributed by atoms with E-state index in [9.17, 15) is 9.59 Å². The average Bonchev–Trinajstić information content (AvgIpc) is 3.20. The van der Waals surface area contributed by atoms with E-state index in [-0.39, 0.29) is 11.5 Å². The molecule has 1 N–H and O–H groups in total. The van der Waals surface area contributed by atoms with Crippen LogP contribution in [-0.4, -0.2) is 17.6 Å². The Morgan fingerprint density at radius 1 is 1.24 bits per heavy atom. The number of thiazole rings is 1. The lowest BCUT2D eigenvalue weighted by molar-refractivity contribution is -0.110. The molecule has 0 aliphatic heterocycles. The lowest BCUT2D eigenvalue weighted by atomic mass is 10.3. The van der Waals surface area contributed by atoms with Crippen LogP contribution in [0.2, 0.25) is 0 Å². The monoisotopic (exact) mass is 372 g/mol. The average molecular weight is 372 g/mol. The minimum atomic E-state index is -0.316. The number of aromatic nitrogens is 1. The number of ether oxygens (including phenoxy) is 1. The summed E-state index contributed by atoms with van der Waals surface area (Å²) >= 11 is 2.85. The molecule has 2 heterocycles. The van der Waals surface area contributed by atoms with Gasteiger partial charge in [-0.2, -0.15) is 0 Å². The van der Waals surface area contributed by atoms with E-state index in [0.29, 0.717) is 20.6 Å². The van der Waals surface area contributed by atoms with E-state index in [1.807, 2.05) is 35.7 Å². The molecule has 5 nitrogen and oxygen atoms in total. The number of benzene rings is 1. The van der Waals surface area contributed by atoms with Gasteiger partial charge in [-0.05, 0) is 29.7 Å². The maximum Gasteiger partial charge on any atom is 0.268 e. The van der Waals surface area contributed by atoms with Crippen molar-refractivity contribution in [2.45, 2.75) is 0 Å². The molecule has 0 spiro atoms. The summed E-state index contributed by atoms with van der Waals surface area (Å²) in [5.41, 5.74) is 0.466. The third kappa shape index (κ3) is 3.89. The van der Waals surface area contributed by atoms with Crippen molar-refractivity contribution in [3.63, 3.8) is 0 Å². The van der Waals surface area contributed by atoms with Crippen LogP contribution in [0.15, 0.2) is 46.6 Å². The van der Waals surface area contributed by atoms with E-state index in [1.54, 1.807) is 37.6 Å². The summed E-state index contributed by atoms with van der Waals surface area (Å²) in [7, 11) is 3.21. The van der Waals surface area contributed by atoms with Crippen LogP contribution >= 0.6 is 22.7 Å². The number of carbonyl (C=O) groups is 1. The summed E-state index contributed by atoms with van der Waals surface area (Å²) in [4.78, 5) is 25.6. The van der Waals surface area contributed by atoms with E-state index in [4.69, 9.17) is 4.74 Å². The second-order valence-corrected chi connectivity index (χ2v) is 7.20. The molecular formula is C18H16N2O3S2. The molecule has 2 aromatic heterocycles. The van der Waals surface area contributed by atoms with Crippen LogP contribution < -0.4 is 24.8 Å². The Hall–Kier alpha value is -2.64. The first-order valence-corrected chi connectivity index (χ1v) is 9.15. The molecule has 0 radical (unpaired) electrons. The molecule has 0 fully saturated rings.